The minimum absolute atomic E-state index is 0.433. The van der Waals surface area contributed by atoms with Gasteiger partial charge in [0, 0.05) is 13.1 Å². The predicted octanol–water partition coefficient (Wildman–Crippen LogP) is 1.48. The van der Waals surface area contributed by atoms with Crippen molar-refractivity contribution < 1.29 is 23.2 Å². The van der Waals surface area contributed by atoms with Gasteiger partial charge in [0.05, 0.1) is 12.0 Å². The summed E-state index contributed by atoms with van der Waals surface area (Å²) in [7, 11) is 2.34. The quantitative estimate of drug-likeness (QED) is 0.466. The molecule has 0 aromatic heterocycles. The van der Waals surface area contributed by atoms with Crippen LogP contribution >= 0.6 is 0 Å². The van der Waals surface area contributed by atoms with E-state index in [4.69, 9.17) is 0 Å². The largest absolute Gasteiger partial charge is 0.468 e. The topological polar surface area (TPSA) is 72.7 Å². The first-order valence-corrected chi connectivity index (χ1v) is 4.78. The zero-order valence-electron chi connectivity index (χ0n) is 9.65. The van der Waals surface area contributed by atoms with Gasteiger partial charge in [-0.3, -0.25) is 14.9 Å². The highest BCUT2D eigenvalue weighted by molar-refractivity contribution is 5.77. The van der Waals surface area contributed by atoms with Crippen LogP contribution in [0.25, 0.3) is 0 Å². The molecular weight excluding hydrogens is 250 g/mol. The van der Waals surface area contributed by atoms with Crippen LogP contribution in [0.15, 0.2) is 12.1 Å². The number of benzene rings is 1. The number of likely N-dealkylation sites (N-methyl/N-ethyl adjacent to an activating group) is 1. The molecule has 0 N–H and O–H groups in total. The maximum Gasteiger partial charge on any atom is 0.325 e. The van der Waals surface area contributed by atoms with Gasteiger partial charge in [-0.25, -0.2) is 8.78 Å². The fourth-order valence-electron chi connectivity index (χ4n) is 1.38. The maximum absolute atomic E-state index is 13.6. The zero-order valence-corrected chi connectivity index (χ0v) is 9.65. The molecule has 0 radical (unpaired) electrons. The monoisotopic (exact) mass is 260 g/mol. The van der Waals surface area contributed by atoms with Crippen LogP contribution in [0, 0.1) is 21.7 Å². The molecule has 1 rings (SSSR count). The fraction of sp³-hybridized carbons (Fsp3) is 0.300. The van der Waals surface area contributed by atoms with Gasteiger partial charge in [-0.05, 0) is 6.07 Å². The highest BCUT2D eigenvalue weighted by Crippen LogP contribution is 2.31. The molecule has 0 unspecified atom stereocenters. The zero-order chi connectivity index (χ0) is 13.9. The number of nitro groups is 1. The van der Waals surface area contributed by atoms with Crippen molar-refractivity contribution in [2.24, 2.45) is 0 Å². The lowest BCUT2D eigenvalue weighted by molar-refractivity contribution is -0.384. The van der Waals surface area contributed by atoms with Crippen LogP contribution in [0.1, 0.15) is 0 Å². The number of nitrogens with zero attached hydrogens (tertiary/aromatic N) is 2. The van der Waals surface area contributed by atoms with Gasteiger partial charge in [0.1, 0.15) is 6.54 Å². The van der Waals surface area contributed by atoms with Crippen molar-refractivity contribution in [3.8, 4) is 0 Å². The van der Waals surface area contributed by atoms with Gasteiger partial charge < -0.3 is 9.64 Å². The molecule has 18 heavy (non-hydrogen) atoms. The SMILES string of the molecule is COC(=O)CN(C)c1c([N+](=O)[O-])ccc(F)c1F. The Bertz CT molecular complexity index is 493. The molecular formula is C10H10F2N2O4. The molecule has 0 amide bonds. The molecule has 0 bridgehead atoms. The van der Waals surface area contributed by atoms with Crippen LogP contribution in [0.3, 0.4) is 0 Å². The van der Waals surface area contributed by atoms with Crippen LogP contribution in [0.4, 0.5) is 20.2 Å². The number of hydrogen-bond donors (Lipinski definition) is 0. The molecule has 0 saturated carbocycles. The molecule has 0 aliphatic heterocycles. The number of hydrogen-bond acceptors (Lipinski definition) is 5. The van der Waals surface area contributed by atoms with E-state index in [0.717, 1.165) is 18.1 Å². The maximum atomic E-state index is 13.6. The number of anilines is 1. The molecule has 98 valence electrons. The van der Waals surface area contributed by atoms with Gasteiger partial charge in [-0.15, -0.1) is 0 Å². The van der Waals surface area contributed by atoms with E-state index in [1.807, 2.05) is 0 Å². The summed E-state index contributed by atoms with van der Waals surface area (Å²) in [5.41, 5.74) is -1.22. The van der Waals surface area contributed by atoms with Crippen molar-refractivity contribution in [3.05, 3.63) is 33.9 Å². The molecule has 0 spiro atoms. The van der Waals surface area contributed by atoms with Gasteiger partial charge >= 0.3 is 5.97 Å². The Kier molecular flexibility index (Phi) is 4.13. The Balaban J connectivity index is 3.23. The number of ether oxygens (including phenoxy) is 1. The minimum Gasteiger partial charge on any atom is -0.468 e. The van der Waals surface area contributed by atoms with Crippen molar-refractivity contribution in [2.75, 3.05) is 25.6 Å². The van der Waals surface area contributed by atoms with E-state index in [9.17, 15) is 23.7 Å². The van der Waals surface area contributed by atoms with Crippen molar-refractivity contribution in [1.82, 2.24) is 0 Å². The Morgan fingerprint density at radius 1 is 1.50 bits per heavy atom. The Morgan fingerprint density at radius 2 is 2.11 bits per heavy atom. The van der Waals surface area contributed by atoms with Gasteiger partial charge in [0.2, 0.25) is 0 Å². The lowest BCUT2D eigenvalue weighted by Gasteiger charge is -2.18. The summed E-state index contributed by atoms with van der Waals surface area (Å²) in [4.78, 5) is 21.8. The van der Waals surface area contributed by atoms with Crippen molar-refractivity contribution in [3.63, 3.8) is 0 Å². The lowest BCUT2D eigenvalue weighted by Crippen LogP contribution is -2.28. The molecule has 1 aromatic carbocycles. The summed E-state index contributed by atoms with van der Waals surface area (Å²) >= 11 is 0. The van der Waals surface area contributed by atoms with Gasteiger partial charge in [-0.2, -0.15) is 0 Å². The van der Waals surface area contributed by atoms with E-state index >= 15 is 0 Å². The fourth-order valence-corrected chi connectivity index (χ4v) is 1.38. The number of esters is 1. The molecule has 0 aliphatic rings. The van der Waals surface area contributed by atoms with Crippen molar-refractivity contribution in [1.29, 1.82) is 0 Å². The summed E-state index contributed by atoms with van der Waals surface area (Å²) < 4.78 is 31.0. The highest BCUT2D eigenvalue weighted by atomic mass is 19.2. The second kappa shape index (κ2) is 5.39. The molecule has 1 aromatic rings. The number of rotatable bonds is 4. The third-order valence-electron chi connectivity index (χ3n) is 2.22. The molecule has 6 nitrogen and oxygen atoms in total. The predicted molar refractivity (Wildman–Crippen MR) is 58.3 cm³/mol. The second-order valence-corrected chi connectivity index (χ2v) is 3.42. The van der Waals surface area contributed by atoms with E-state index in [-0.39, 0.29) is 0 Å². The smallest absolute Gasteiger partial charge is 0.325 e. The number of nitro benzene ring substituents is 1. The van der Waals surface area contributed by atoms with Crippen LogP contribution in [0.5, 0.6) is 0 Å². The average Bonchev–Trinajstić information content (AvgIpc) is 2.31. The first kappa shape index (κ1) is 13.8. The minimum atomic E-state index is -1.38. The Hall–Kier alpha value is -2.25. The number of carbonyl (C=O) groups is 1. The van der Waals surface area contributed by atoms with Crippen LogP contribution in [-0.4, -0.2) is 31.6 Å². The van der Waals surface area contributed by atoms with Crippen LogP contribution in [0.2, 0.25) is 0 Å². The summed E-state index contributed by atoms with van der Waals surface area (Å²) in [6, 6.07) is 1.49. The highest BCUT2D eigenvalue weighted by Gasteiger charge is 2.25. The molecule has 0 aliphatic carbocycles. The van der Waals surface area contributed by atoms with E-state index < -0.39 is 40.4 Å². The molecule has 0 heterocycles. The van der Waals surface area contributed by atoms with Crippen molar-refractivity contribution >= 4 is 17.3 Å². The summed E-state index contributed by atoms with van der Waals surface area (Å²) in [5.74, 6) is -3.33. The Morgan fingerprint density at radius 3 is 2.61 bits per heavy atom. The first-order chi connectivity index (χ1) is 8.38. The molecule has 0 fully saturated rings. The number of halogens is 2. The number of methoxy groups -OCH3 is 1. The third-order valence-corrected chi connectivity index (χ3v) is 2.22. The van der Waals surface area contributed by atoms with E-state index in [1.54, 1.807) is 0 Å². The molecule has 0 atom stereocenters. The average molecular weight is 260 g/mol. The van der Waals surface area contributed by atoms with E-state index in [0.29, 0.717) is 6.07 Å². The summed E-state index contributed by atoms with van der Waals surface area (Å²) in [6.45, 7) is -0.433. The van der Waals surface area contributed by atoms with Crippen LogP contribution in [-0.2, 0) is 9.53 Å². The molecule has 8 heteroatoms. The Labute approximate surface area is 101 Å². The van der Waals surface area contributed by atoms with Crippen LogP contribution < -0.4 is 4.90 Å². The van der Waals surface area contributed by atoms with Gasteiger partial charge in [0.15, 0.2) is 17.3 Å². The standard InChI is InChI=1S/C10H10F2N2O4/c1-13(5-8(15)18-2)10-7(14(16)17)4-3-6(11)9(10)12/h3-4H,5H2,1-2H3. The lowest BCUT2D eigenvalue weighted by atomic mass is 10.2. The summed E-state index contributed by atoms with van der Waals surface area (Å²) in [6.07, 6.45) is 0. The van der Waals surface area contributed by atoms with E-state index in [1.165, 1.54) is 7.05 Å². The van der Waals surface area contributed by atoms with Gasteiger partial charge in [-0.1, -0.05) is 0 Å². The second-order valence-electron chi connectivity index (χ2n) is 3.42. The normalized spacial score (nSPS) is 10.0. The number of carbonyl (C=O) groups excluding carboxylic acids is 1. The van der Waals surface area contributed by atoms with E-state index in [2.05, 4.69) is 4.74 Å². The third kappa shape index (κ3) is 2.70. The summed E-state index contributed by atoms with van der Waals surface area (Å²) in [5, 5.41) is 10.7. The van der Waals surface area contributed by atoms with Gasteiger partial charge in [0.25, 0.3) is 5.69 Å². The van der Waals surface area contributed by atoms with Crippen molar-refractivity contribution in [2.45, 2.75) is 0 Å². The first-order valence-electron chi connectivity index (χ1n) is 4.78. The molecule has 0 saturated heterocycles.